The van der Waals surface area contributed by atoms with Gasteiger partial charge < -0.3 is 10.3 Å². The van der Waals surface area contributed by atoms with Gasteiger partial charge in [0.25, 0.3) is 0 Å². The number of fused-ring (bicyclic) bond motifs is 1. The van der Waals surface area contributed by atoms with Gasteiger partial charge in [-0.25, -0.2) is 22.2 Å². The van der Waals surface area contributed by atoms with Crippen molar-refractivity contribution in [1.82, 2.24) is 9.55 Å². The Kier molecular flexibility index (Phi) is 4.88. The van der Waals surface area contributed by atoms with E-state index >= 15 is 0 Å². The van der Waals surface area contributed by atoms with E-state index in [0.29, 0.717) is 22.2 Å². The van der Waals surface area contributed by atoms with E-state index in [9.17, 15) is 17.2 Å². The number of halogens is 2. The first-order chi connectivity index (χ1) is 12.3. The lowest BCUT2D eigenvalue weighted by Crippen LogP contribution is -2.01. The largest absolute Gasteiger partial charge is 0.327 e. The van der Waals surface area contributed by atoms with Gasteiger partial charge in [0.2, 0.25) is 0 Å². The SMILES string of the molecule is CS(=O)(=O)c1cccc(-c2cc(F)cc3c2ncn3C/C(F)=C/CN)c1. The van der Waals surface area contributed by atoms with E-state index in [1.165, 1.54) is 41.2 Å². The average molecular weight is 377 g/mol. The third kappa shape index (κ3) is 3.66. The summed E-state index contributed by atoms with van der Waals surface area (Å²) in [6.07, 6.45) is 3.76. The molecule has 136 valence electrons. The Hall–Kier alpha value is -2.58. The molecule has 3 rings (SSSR count). The molecule has 26 heavy (non-hydrogen) atoms. The lowest BCUT2D eigenvalue weighted by Gasteiger charge is -2.07. The van der Waals surface area contributed by atoms with E-state index in [4.69, 9.17) is 5.73 Å². The standard InChI is InChI=1S/C18H17F2N3O2S/c1-26(24,25)15-4-2-3-12(7-15)16-8-14(20)9-17-18(16)22-11-23(17)10-13(19)5-6-21/h2-5,7-9,11H,6,10,21H2,1H3/b13-5-. The van der Waals surface area contributed by atoms with E-state index in [1.807, 2.05) is 0 Å². The van der Waals surface area contributed by atoms with Crippen molar-refractivity contribution in [3.63, 3.8) is 0 Å². The van der Waals surface area contributed by atoms with Gasteiger partial charge in [0, 0.05) is 18.4 Å². The average Bonchev–Trinajstić information content (AvgIpc) is 2.96. The molecule has 2 N–H and O–H groups in total. The zero-order valence-electron chi connectivity index (χ0n) is 14.0. The van der Waals surface area contributed by atoms with Crippen molar-refractivity contribution in [3.8, 4) is 11.1 Å². The van der Waals surface area contributed by atoms with E-state index in [-0.39, 0.29) is 18.0 Å². The summed E-state index contributed by atoms with van der Waals surface area (Å²) < 4.78 is 53.0. The lowest BCUT2D eigenvalue weighted by atomic mass is 10.0. The monoisotopic (exact) mass is 377 g/mol. The van der Waals surface area contributed by atoms with E-state index < -0.39 is 21.5 Å². The van der Waals surface area contributed by atoms with Gasteiger partial charge in [-0.2, -0.15) is 0 Å². The summed E-state index contributed by atoms with van der Waals surface area (Å²) >= 11 is 0. The molecular weight excluding hydrogens is 360 g/mol. The molecule has 0 atom stereocenters. The minimum atomic E-state index is -3.40. The molecule has 1 aromatic heterocycles. The molecule has 5 nitrogen and oxygen atoms in total. The summed E-state index contributed by atoms with van der Waals surface area (Å²) in [5.41, 5.74) is 7.11. The smallest absolute Gasteiger partial charge is 0.175 e. The second-order valence-electron chi connectivity index (χ2n) is 5.88. The highest BCUT2D eigenvalue weighted by Gasteiger charge is 2.15. The molecule has 0 aliphatic heterocycles. The van der Waals surface area contributed by atoms with Crippen LogP contribution in [0.1, 0.15) is 0 Å². The van der Waals surface area contributed by atoms with Gasteiger partial charge in [0.1, 0.15) is 11.6 Å². The normalized spacial score (nSPS) is 12.7. The molecule has 0 saturated heterocycles. The van der Waals surface area contributed by atoms with E-state index in [1.54, 1.807) is 12.1 Å². The third-order valence-corrected chi connectivity index (χ3v) is 5.03. The molecule has 0 unspecified atom stereocenters. The second kappa shape index (κ2) is 6.97. The molecule has 0 fully saturated rings. The van der Waals surface area contributed by atoms with Crippen LogP contribution in [-0.4, -0.2) is 30.8 Å². The van der Waals surface area contributed by atoms with Crippen LogP contribution in [0.2, 0.25) is 0 Å². The summed E-state index contributed by atoms with van der Waals surface area (Å²) in [6.45, 7) is -0.0453. The van der Waals surface area contributed by atoms with Crippen molar-refractivity contribution < 1.29 is 17.2 Å². The molecule has 1 heterocycles. The van der Waals surface area contributed by atoms with Crippen LogP contribution in [0.25, 0.3) is 22.2 Å². The van der Waals surface area contributed by atoms with Crippen LogP contribution in [0.4, 0.5) is 8.78 Å². The number of sulfone groups is 1. The van der Waals surface area contributed by atoms with Crippen LogP contribution in [0, 0.1) is 5.82 Å². The number of rotatable bonds is 5. The highest BCUT2D eigenvalue weighted by molar-refractivity contribution is 7.90. The first-order valence-corrected chi connectivity index (χ1v) is 9.68. The Bertz CT molecular complexity index is 1100. The van der Waals surface area contributed by atoms with Crippen molar-refractivity contribution in [2.45, 2.75) is 11.4 Å². The number of imidazole rings is 1. The zero-order chi connectivity index (χ0) is 18.9. The van der Waals surface area contributed by atoms with Crippen molar-refractivity contribution in [2.75, 3.05) is 12.8 Å². The molecule has 0 aliphatic carbocycles. The molecule has 2 aromatic carbocycles. The van der Waals surface area contributed by atoms with Gasteiger partial charge in [-0.3, -0.25) is 0 Å². The van der Waals surface area contributed by atoms with Crippen molar-refractivity contribution in [3.05, 3.63) is 60.4 Å². The van der Waals surface area contributed by atoms with Gasteiger partial charge in [0.05, 0.1) is 28.8 Å². The van der Waals surface area contributed by atoms with Crippen LogP contribution in [0.3, 0.4) is 0 Å². The first kappa shape index (κ1) is 18.2. The van der Waals surface area contributed by atoms with Gasteiger partial charge in [-0.1, -0.05) is 12.1 Å². The maximum Gasteiger partial charge on any atom is 0.175 e. The maximum atomic E-state index is 14.2. The fraction of sp³-hybridized carbons (Fsp3) is 0.167. The van der Waals surface area contributed by atoms with Gasteiger partial charge in [-0.05, 0) is 35.9 Å². The molecule has 0 bridgehead atoms. The van der Waals surface area contributed by atoms with Crippen LogP contribution < -0.4 is 5.73 Å². The van der Waals surface area contributed by atoms with Gasteiger partial charge in [-0.15, -0.1) is 0 Å². The molecular formula is C18H17F2N3O2S. The predicted molar refractivity (Wildman–Crippen MR) is 96.5 cm³/mol. The Morgan fingerprint density at radius 3 is 2.77 bits per heavy atom. The lowest BCUT2D eigenvalue weighted by molar-refractivity contribution is 0.557. The van der Waals surface area contributed by atoms with Crippen molar-refractivity contribution >= 4 is 20.9 Å². The van der Waals surface area contributed by atoms with Crippen molar-refractivity contribution in [1.29, 1.82) is 0 Å². The van der Waals surface area contributed by atoms with E-state index in [0.717, 1.165) is 6.26 Å². The number of benzene rings is 2. The number of hydrogen-bond donors (Lipinski definition) is 1. The summed E-state index contributed by atoms with van der Waals surface area (Å²) in [5.74, 6) is -0.973. The fourth-order valence-corrected chi connectivity index (χ4v) is 3.39. The minimum absolute atomic E-state index is 0.0658. The van der Waals surface area contributed by atoms with Gasteiger partial charge >= 0.3 is 0 Å². The third-order valence-electron chi connectivity index (χ3n) is 3.92. The molecule has 0 amide bonds. The molecule has 0 aliphatic rings. The Morgan fingerprint density at radius 2 is 2.08 bits per heavy atom. The molecule has 0 spiro atoms. The quantitative estimate of drug-likeness (QED) is 0.741. The molecule has 3 aromatic rings. The number of nitrogens with zero attached hydrogens (tertiary/aromatic N) is 2. The van der Waals surface area contributed by atoms with Crippen LogP contribution in [-0.2, 0) is 16.4 Å². The Labute approximate surface area is 149 Å². The topological polar surface area (TPSA) is 78.0 Å². The number of allylic oxidation sites excluding steroid dienone is 1. The predicted octanol–water partition coefficient (Wildman–Crippen LogP) is 3.06. The van der Waals surface area contributed by atoms with Crippen LogP contribution >= 0.6 is 0 Å². The second-order valence-corrected chi connectivity index (χ2v) is 7.90. The van der Waals surface area contributed by atoms with Crippen LogP contribution in [0.5, 0.6) is 0 Å². The van der Waals surface area contributed by atoms with Crippen LogP contribution in [0.15, 0.2) is 59.5 Å². The Balaban J connectivity index is 2.16. The van der Waals surface area contributed by atoms with Gasteiger partial charge in [0.15, 0.2) is 9.84 Å². The van der Waals surface area contributed by atoms with E-state index in [2.05, 4.69) is 4.98 Å². The number of hydrogen-bond acceptors (Lipinski definition) is 4. The Morgan fingerprint density at radius 1 is 1.31 bits per heavy atom. The molecule has 8 heteroatoms. The highest BCUT2D eigenvalue weighted by Crippen LogP contribution is 2.30. The first-order valence-electron chi connectivity index (χ1n) is 7.79. The summed E-state index contributed by atoms with van der Waals surface area (Å²) in [7, 11) is -3.40. The summed E-state index contributed by atoms with van der Waals surface area (Å²) in [4.78, 5) is 4.39. The highest BCUT2D eigenvalue weighted by atomic mass is 32.2. The zero-order valence-corrected chi connectivity index (χ0v) is 14.8. The maximum absolute atomic E-state index is 14.2. The summed E-state index contributed by atoms with van der Waals surface area (Å²) in [5, 5.41) is 0. The molecule has 0 saturated carbocycles. The number of aromatic nitrogens is 2. The molecule has 0 radical (unpaired) electrons. The van der Waals surface area contributed by atoms with Crippen molar-refractivity contribution in [2.24, 2.45) is 5.73 Å². The number of nitrogens with two attached hydrogens (primary N) is 1. The minimum Gasteiger partial charge on any atom is -0.327 e. The summed E-state index contributed by atoms with van der Waals surface area (Å²) in [6, 6.07) is 8.76. The fourth-order valence-electron chi connectivity index (χ4n) is 2.72.